The SMILES string of the molecule is CC/C=C\C/C=C\C/C=C\CCCCCCCCCC(=O)OCC(COCCCCCCCC)OC(=O)CCCCCCCCC/C=C\CCCCCCCC. The zero-order chi connectivity index (χ0) is 40.7. The number of unbranched alkanes of at least 4 members (excludes halogenated alkanes) is 25. The van der Waals surface area contributed by atoms with Crippen LogP contribution in [0.2, 0.25) is 0 Å². The summed E-state index contributed by atoms with van der Waals surface area (Å²) in [6.45, 7) is 7.68. The largest absolute Gasteiger partial charge is 0.462 e. The number of carbonyl (C=O) groups excluding carboxylic acids is 2. The van der Waals surface area contributed by atoms with Gasteiger partial charge in [0.2, 0.25) is 0 Å². The Morgan fingerprint density at radius 3 is 1.30 bits per heavy atom. The van der Waals surface area contributed by atoms with Gasteiger partial charge in [0.15, 0.2) is 6.10 Å². The lowest BCUT2D eigenvalue weighted by molar-refractivity contribution is -0.163. The molecule has 0 aromatic carbocycles. The van der Waals surface area contributed by atoms with Gasteiger partial charge in [-0.2, -0.15) is 0 Å². The molecular formula is C51H92O5. The zero-order valence-electron chi connectivity index (χ0n) is 37.4. The van der Waals surface area contributed by atoms with Crippen LogP contribution in [0, 0.1) is 0 Å². The number of hydrogen-bond acceptors (Lipinski definition) is 5. The molecule has 0 saturated carbocycles. The van der Waals surface area contributed by atoms with E-state index in [2.05, 4.69) is 69.4 Å². The van der Waals surface area contributed by atoms with Crippen LogP contribution in [0.3, 0.4) is 0 Å². The molecule has 56 heavy (non-hydrogen) atoms. The van der Waals surface area contributed by atoms with Crippen molar-refractivity contribution in [1.29, 1.82) is 0 Å². The van der Waals surface area contributed by atoms with Crippen LogP contribution in [-0.4, -0.2) is 37.9 Å². The van der Waals surface area contributed by atoms with E-state index in [4.69, 9.17) is 14.2 Å². The summed E-state index contributed by atoms with van der Waals surface area (Å²) in [6.07, 6.45) is 56.9. The molecule has 0 amide bonds. The van der Waals surface area contributed by atoms with Crippen molar-refractivity contribution in [2.75, 3.05) is 19.8 Å². The van der Waals surface area contributed by atoms with Gasteiger partial charge in [-0.3, -0.25) is 9.59 Å². The monoisotopic (exact) mass is 785 g/mol. The van der Waals surface area contributed by atoms with Crippen molar-refractivity contribution >= 4 is 11.9 Å². The number of rotatable bonds is 44. The summed E-state index contributed by atoms with van der Waals surface area (Å²) in [5.74, 6) is -0.411. The van der Waals surface area contributed by atoms with Crippen molar-refractivity contribution in [3.05, 3.63) is 48.6 Å². The molecule has 0 radical (unpaired) electrons. The minimum Gasteiger partial charge on any atom is -0.462 e. The number of ether oxygens (including phenoxy) is 3. The highest BCUT2D eigenvalue weighted by atomic mass is 16.6. The first-order valence-corrected chi connectivity index (χ1v) is 24.2. The number of allylic oxidation sites excluding steroid dienone is 8. The average Bonchev–Trinajstić information content (AvgIpc) is 3.20. The van der Waals surface area contributed by atoms with Crippen molar-refractivity contribution < 1.29 is 23.8 Å². The van der Waals surface area contributed by atoms with Crippen LogP contribution < -0.4 is 0 Å². The molecule has 0 fully saturated rings. The predicted octanol–water partition coefficient (Wildman–Crippen LogP) is 16.0. The first-order valence-electron chi connectivity index (χ1n) is 24.2. The fraction of sp³-hybridized carbons (Fsp3) is 0.804. The van der Waals surface area contributed by atoms with Crippen molar-refractivity contribution in [3.63, 3.8) is 0 Å². The highest BCUT2D eigenvalue weighted by Gasteiger charge is 2.17. The highest BCUT2D eigenvalue weighted by Crippen LogP contribution is 2.14. The summed E-state index contributed by atoms with van der Waals surface area (Å²) >= 11 is 0. The minimum absolute atomic E-state index is 0.0797. The quantitative estimate of drug-likeness (QED) is 0.0350. The molecule has 0 aliphatic rings. The van der Waals surface area contributed by atoms with Crippen LogP contribution in [0.5, 0.6) is 0 Å². The molecule has 0 aromatic rings. The molecular weight excluding hydrogens is 693 g/mol. The van der Waals surface area contributed by atoms with Crippen LogP contribution in [0.1, 0.15) is 239 Å². The van der Waals surface area contributed by atoms with Gasteiger partial charge >= 0.3 is 11.9 Å². The second-order valence-corrected chi connectivity index (χ2v) is 16.0. The summed E-state index contributed by atoms with van der Waals surface area (Å²) in [7, 11) is 0. The number of hydrogen-bond donors (Lipinski definition) is 0. The Labute approximate surface area is 348 Å². The van der Waals surface area contributed by atoms with Gasteiger partial charge in [0.25, 0.3) is 0 Å². The third-order valence-electron chi connectivity index (χ3n) is 10.3. The molecule has 5 nitrogen and oxygen atoms in total. The first-order chi connectivity index (χ1) is 27.6. The van der Waals surface area contributed by atoms with Gasteiger partial charge in [0, 0.05) is 19.4 Å². The van der Waals surface area contributed by atoms with E-state index in [9.17, 15) is 9.59 Å². The van der Waals surface area contributed by atoms with Gasteiger partial charge in [-0.25, -0.2) is 0 Å². The van der Waals surface area contributed by atoms with E-state index in [0.29, 0.717) is 19.4 Å². The summed E-state index contributed by atoms with van der Waals surface area (Å²) in [5.41, 5.74) is 0. The number of esters is 2. The lowest BCUT2D eigenvalue weighted by Gasteiger charge is -2.18. The molecule has 0 aromatic heterocycles. The summed E-state index contributed by atoms with van der Waals surface area (Å²) < 4.78 is 17.2. The maximum atomic E-state index is 12.7. The summed E-state index contributed by atoms with van der Waals surface area (Å²) in [5, 5.41) is 0. The Morgan fingerprint density at radius 2 is 0.804 bits per heavy atom. The minimum atomic E-state index is -0.536. The molecule has 0 N–H and O–H groups in total. The van der Waals surface area contributed by atoms with E-state index < -0.39 is 6.10 Å². The van der Waals surface area contributed by atoms with Gasteiger partial charge in [0.05, 0.1) is 6.61 Å². The normalized spacial score (nSPS) is 12.6. The van der Waals surface area contributed by atoms with Crippen molar-refractivity contribution in [2.45, 2.75) is 245 Å². The summed E-state index contributed by atoms with van der Waals surface area (Å²) in [6, 6.07) is 0. The molecule has 0 aliphatic heterocycles. The van der Waals surface area contributed by atoms with Crippen molar-refractivity contribution in [2.24, 2.45) is 0 Å². The lowest BCUT2D eigenvalue weighted by Crippen LogP contribution is -2.30. The predicted molar refractivity (Wildman–Crippen MR) is 242 cm³/mol. The third kappa shape index (κ3) is 44.6. The zero-order valence-corrected chi connectivity index (χ0v) is 37.4. The molecule has 0 bridgehead atoms. The van der Waals surface area contributed by atoms with Gasteiger partial charge in [-0.15, -0.1) is 0 Å². The molecule has 0 aliphatic carbocycles. The Bertz CT molecular complexity index is 935. The second-order valence-electron chi connectivity index (χ2n) is 16.0. The van der Waals surface area contributed by atoms with Gasteiger partial charge < -0.3 is 14.2 Å². The first kappa shape index (κ1) is 53.9. The van der Waals surface area contributed by atoms with Gasteiger partial charge in [-0.05, 0) is 77.0 Å². The Morgan fingerprint density at radius 1 is 0.411 bits per heavy atom. The van der Waals surface area contributed by atoms with E-state index in [0.717, 1.165) is 77.0 Å². The molecule has 0 spiro atoms. The fourth-order valence-electron chi connectivity index (χ4n) is 6.75. The lowest BCUT2D eigenvalue weighted by atomic mass is 10.1. The molecule has 0 rings (SSSR count). The van der Waals surface area contributed by atoms with Crippen molar-refractivity contribution in [3.8, 4) is 0 Å². The van der Waals surface area contributed by atoms with Gasteiger partial charge in [0.1, 0.15) is 6.61 Å². The molecule has 0 saturated heterocycles. The van der Waals surface area contributed by atoms with Crippen LogP contribution in [-0.2, 0) is 23.8 Å². The average molecular weight is 785 g/mol. The maximum Gasteiger partial charge on any atom is 0.306 e. The van der Waals surface area contributed by atoms with E-state index in [-0.39, 0.29) is 25.2 Å². The molecule has 1 atom stereocenters. The smallest absolute Gasteiger partial charge is 0.306 e. The summed E-state index contributed by atoms with van der Waals surface area (Å²) in [4.78, 5) is 25.2. The molecule has 5 heteroatoms. The highest BCUT2D eigenvalue weighted by molar-refractivity contribution is 5.70. The topological polar surface area (TPSA) is 61.8 Å². The maximum absolute atomic E-state index is 12.7. The third-order valence-corrected chi connectivity index (χ3v) is 10.3. The Kier molecular flexibility index (Phi) is 45.4. The standard InChI is InChI=1S/C51H92O5/c1-4-7-10-13-16-18-20-22-24-26-28-30-32-34-36-38-41-44-50(52)55-48-49(47-54-46-43-40-15-12-9-6-3)56-51(53)45-42-39-37-35-33-31-29-27-25-23-21-19-17-14-11-8-5-2/h7,10,16,18,22-25,49H,4-6,8-9,11-15,17,19-21,26-48H2,1-3H3/b10-7-,18-16-,24-22-,25-23-. The van der Waals surface area contributed by atoms with E-state index in [1.807, 2.05) is 0 Å². The van der Waals surface area contributed by atoms with Crippen molar-refractivity contribution in [1.82, 2.24) is 0 Å². The van der Waals surface area contributed by atoms with Crippen LogP contribution in [0.25, 0.3) is 0 Å². The Hall–Kier alpha value is -2.14. The molecule has 326 valence electrons. The molecule has 1 unspecified atom stereocenters. The van der Waals surface area contributed by atoms with Crippen LogP contribution in [0.4, 0.5) is 0 Å². The van der Waals surface area contributed by atoms with Gasteiger partial charge in [-0.1, -0.05) is 198 Å². The number of carbonyl (C=O) groups is 2. The van der Waals surface area contributed by atoms with Crippen LogP contribution >= 0.6 is 0 Å². The van der Waals surface area contributed by atoms with Crippen LogP contribution in [0.15, 0.2) is 48.6 Å². The van der Waals surface area contributed by atoms with E-state index in [1.165, 1.54) is 128 Å². The Balaban J connectivity index is 4.10. The van der Waals surface area contributed by atoms with E-state index in [1.54, 1.807) is 0 Å². The van der Waals surface area contributed by atoms with E-state index >= 15 is 0 Å². The second kappa shape index (κ2) is 47.2. The fourth-order valence-corrected chi connectivity index (χ4v) is 6.75. The molecule has 0 heterocycles.